The quantitative estimate of drug-likeness (QED) is 0.713. The fourth-order valence-corrected chi connectivity index (χ4v) is 4.80. The van der Waals surface area contributed by atoms with Gasteiger partial charge in [0.2, 0.25) is 17.1 Å². The van der Waals surface area contributed by atoms with E-state index in [1.54, 1.807) is 0 Å². The van der Waals surface area contributed by atoms with Gasteiger partial charge in [0, 0.05) is 19.3 Å². The predicted molar refractivity (Wildman–Crippen MR) is 80.3 cm³/mol. The van der Waals surface area contributed by atoms with Crippen molar-refractivity contribution in [2.24, 2.45) is 16.7 Å². The predicted octanol–water partition coefficient (Wildman–Crippen LogP) is 1.36. The molecule has 0 radical (unpaired) electrons. The summed E-state index contributed by atoms with van der Waals surface area (Å²) < 4.78 is 23.3. The van der Waals surface area contributed by atoms with Crippen LogP contribution in [0.3, 0.4) is 0 Å². The van der Waals surface area contributed by atoms with Crippen LogP contribution in [0.5, 0.6) is 0 Å². The maximum Gasteiger partial charge on any atom is 0.218 e. The van der Waals surface area contributed by atoms with Crippen LogP contribution in [0, 0.1) is 56.2 Å². The van der Waals surface area contributed by atoms with Gasteiger partial charge in [-0.05, 0) is 0 Å². The smallest absolute Gasteiger partial charge is 0.218 e. The SMILES string of the molecule is C=CC1OC23CCC4(CC2C(C#N)(C(=N)O3)C1(C#N)C#N)OCCO4. The molecule has 1 saturated carbocycles. The maximum atomic E-state index is 10.1. The van der Waals surface area contributed by atoms with E-state index in [0.717, 1.165) is 0 Å². The lowest BCUT2D eigenvalue weighted by atomic mass is 9.51. The normalized spacial score (nSPS) is 42.5. The van der Waals surface area contributed by atoms with E-state index < -0.39 is 40.3 Å². The average molecular weight is 340 g/mol. The molecule has 0 amide bonds. The molecule has 4 fully saturated rings. The van der Waals surface area contributed by atoms with Gasteiger partial charge in [-0.15, -0.1) is 6.58 Å². The summed E-state index contributed by atoms with van der Waals surface area (Å²) in [5.74, 6) is -3.25. The van der Waals surface area contributed by atoms with Gasteiger partial charge in [0.15, 0.2) is 11.2 Å². The zero-order valence-electron chi connectivity index (χ0n) is 13.4. The molecule has 3 heterocycles. The molecule has 1 spiro atoms. The Balaban J connectivity index is 1.93. The fraction of sp³-hybridized carbons (Fsp3) is 0.647. The molecule has 25 heavy (non-hydrogen) atoms. The zero-order chi connectivity index (χ0) is 17.9. The highest BCUT2D eigenvalue weighted by atomic mass is 16.7. The van der Waals surface area contributed by atoms with Crippen LogP contribution in [0.4, 0.5) is 0 Å². The van der Waals surface area contributed by atoms with Crippen molar-refractivity contribution in [1.29, 1.82) is 21.2 Å². The van der Waals surface area contributed by atoms with Crippen molar-refractivity contribution in [3.8, 4) is 18.2 Å². The number of rotatable bonds is 1. The standard InChI is InChI=1S/C17H16N4O4/c1-2-12-14(8-18,9-19)16(10-20)11-7-15(22-5-6-23-15)3-4-17(11,24-12)25-13(16)21/h2,11-12,21H,1,3-7H2. The zero-order valence-corrected chi connectivity index (χ0v) is 13.4. The molecular formula is C17H16N4O4. The van der Waals surface area contributed by atoms with Gasteiger partial charge in [0.05, 0.1) is 37.3 Å². The Kier molecular flexibility index (Phi) is 3.08. The van der Waals surface area contributed by atoms with Crippen molar-refractivity contribution in [3.63, 3.8) is 0 Å². The summed E-state index contributed by atoms with van der Waals surface area (Å²) >= 11 is 0. The van der Waals surface area contributed by atoms with Crippen molar-refractivity contribution < 1.29 is 18.9 Å². The molecule has 128 valence electrons. The Labute approximate surface area is 144 Å². The number of hydrogen-bond donors (Lipinski definition) is 1. The lowest BCUT2D eigenvalue weighted by Crippen LogP contribution is -2.65. The largest absolute Gasteiger partial charge is 0.447 e. The first kappa shape index (κ1) is 16.1. The van der Waals surface area contributed by atoms with Gasteiger partial charge in [-0.1, -0.05) is 6.08 Å². The summed E-state index contributed by atoms with van der Waals surface area (Å²) in [5.41, 5.74) is -3.70. The maximum absolute atomic E-state index is 10.1. The van der Waals surface area contributed by atoms with Crippen molar-refractivity contribution in [2.45, 2.75) is 36.9 Å². The van der Waals surface area contributed by atoms with E-state index in [-0.39, 0.29) is 6.42 Å². The summed E-state index contributed by atoms with van der Waals surface area (Å²) in [7, 11) is 0. The van der Waals surface area contributed by atoms with E-state index in [1.165, 1.54) is 6.08 Å². The highest BCUT2D eigenvalue weighted by molar-refractivity contribution is 5.89. The Morgan fingerprint density at radius 2 is 1.80 bits per heavy atom. The highest BCUT2D eigenvalue weighted by Crippen LogP contribution is 2.67. The van der Waals surface area contributed by atoms with Crippen LogP contribution in [0.2, 0.25) is 0 Å². The molecule has 0 aromatic heterocycles. The Morgan fingerprint density at radius 1 is 1.12 bits per heavy atom. The van der Waals surface area contributed by atoms with E-state index in [2.05, 4.69) is 12.6 Å². The number of nitrogens with zero attached hydrogens (tertiary/aromatic N) is 3. The number of nitriles is 3. The van der Waals surface area contributed by atoms with E-state index in [0.29, 0.717) is 26.1 Å². The molecule has 4 rings (SSSR count). The van der Waals surface area contributed by atoms with Gasteiger partial charge in [-0.2, -0.15) is 15.8 Å². The third-order valence-corrected chi connectivity index (χ3v) is 5.99. The van der Waals surface area contributed by atoms with Crippen LogP contribution >= 0.6 is 0 Å². The molecule has 0 aromatic rings. The van der Waals surface area contributed by atoms with E-state index in [4.69, 9.17) is 24.4 Å². The summed E-state index contributed by atoms with van der Waals surface area (Å²) in [6.45, 7) is 4.54. The van der Waals surface area contributed by atoms with E-state index >= 15 is 0 Å². The second-order valence-electron chi connectivity index (χ2n) is 6.83. The second-order valence-corrected chi connectivity index (χ2v) is 6.83. The molecular weight excluding hydrogens is 324 g/mol. The van der Waals surface area contributed by atoms with Gasteiger partial charge in [-0.3, -0.25) is 5.41 Å². The Bertz CT molecular complexity index is 770. The Morgan fingerprint density at radius 3 is 2.36 bits per heavy atom. The van der Waals surface area contributed by atoms with Crippen LogP contribution in [-0.4, -0.2) is 36.8 Å². The molecule has 0 aromatic carbocycles. The topological polar surface area (TPSA) is 132 Å². The van der Waals surface area contributed by atoms with Crippen LogP contribution in [0.25, 0.3) is 0 Å². The van der Waals surface area contributed by atoms with Crippen molar-refractivity contribution in [2.75, 3.05) is 13.2 Å². The lowest BCUT2D eigenvalue weighted by molar-refractivity contribution is -0.321. The molecule has 3 aliphatic heterocycles. The molecule has 8 nitrogen and oxygen atoms in total. The molecule has 1 aliphatic carbocycles. The second kappa shape index (κ2) is 4.80. The fourth-order valence-electron chi connectivity index (χ4n) is 4.80. The van der Waals surface area contributed by atoms with Crippen molar-refractivity contribution >= 4 is 5.90 Å². The van der Waals surface area contributed by atoms with E-state index in [1.807, 2.05) is 12.1 Å². The molecule has 8 heteroatoms. The molecule has 1 N–H and O–H groups in total. The summed E-state index contributed by atoms with van der Waals surface area (Å²) in [6.07, 6.45) is 1.33. The first-order valence-electron chi connectivity index (χ1n) is 8.08. The minimum Gasteiger partial charge on any atom is -0.447 e. The first-order valence-corrected chi connectivity index (χ1v) is 8.08. The monoisotopic (exact) mass is 340 g/mol. The van der Waals surface area contributed by atoms with Crippen LogP contribution < -0.4 is 0 Å². The Hall–Kier alpha value is -2.44. The number of nitrogens with one attached hydrogen (secondary N) is 1. The number of ether oxygens (including phenoxy) is 4. The third-order valence-electron chi connectivity index (χ3n) is 5.99. The highest BCUT2D eigenvalue weighted by Gasteiger charge is 2.81. The average Bonchev–Trinajstić information content (AvgIpc) is 3.15. The van der Waals surface area contributed by atoms with Crippen LogP contribution in [-0.2, 0) is 18.9 Å². The first-order chi connectivity index (χ1) is 12.0. The van der Waals surface area contributed by atoms with Gasteiger partial charge < -0.3 is 18.9 Å². The van der Waals surface area contributed by atoms with Gasteiger partial charge in [-0.25, -0.2) is 0 Å². The molecule has 2 bridgehead atoms. The van der Waals surface area contributed by atoms with E-state index in [9.17, 15) is 15.8 Å². The minimum atomic E-state index is -1.93. The lowest BCUT2D eigenvalue weighted by Gasteiger charge is -2.53. The van der Waals surface area contributed by atoms with Gasteiger partial charge in [0.25, 0.3) is 0 Å². The number of hydrogen-bond acceptors (Lipinski definition) is 8. The van der Waals surface area contributed by atoms with Crippen LogP contribution in [0.1, 0.15) is 19.3 Å². The van der Waals surface area contributed by atoms with Crippen molar-refractivity contribution in [3.05, 3.63) is 12.7 Å². The summed E-state index contributed by atoms with van der Waals surface area (Å²) in [6, 6.07) is 5.97. The van der Waals surface area contributed by atoms with Gasteiger partial charge >= 0.3 is 0 Å². The molecule has 4 atom stereocenters. The minimum absolute atomic E-state index is 0.220. The molecule has 4 unspecified atom stereocenters. The van der Waals surface area contributed by atoms with Crippen molar-refractivity contribution in [1.82, 2.24) is 0 Å². The van der Waals surface area contributed by atoms with Crippen LogP contribution in [0.15, 0.2) is 12.7 Å². The van der Waals surface area contributed by atoms with Gasteiger partial charge in [0.1, 0.15) is 6.10 Å². The molecule has 4 aliphatic rings. The third kappa shape index (κ3) is 1.57. The molecule has 3 saturated heterocycles. The summed E-state index contributed by atoms with van der Waals surface area (Å²) in [5, 5.41) is 38.1. The summed E-state index contributed by atoms with van der Waals surface area (Å²) in [4.78, 5) is 0.